The van der Waals surface area contributed by atoms with Gasteiger partial charge in [0.05, 0.1) is 13.0 Å². The van der Waals surface area contributed by atoms with Crippen molar-refractivity contribution in [2.45, 2.75) is 26.2 Å². The van der Waals surface area contributed by atoms with Gasteiger partial charge in [0.15, 0.2) is 0 Å². The first-order chi connectivity index (χ1) is 5.22. The van der Waals surface area contributed by atoms with Gasteiger partial charge in [-0.15, -0.1) is 0 Å². The fourth-order valence-electron chi connectivity index (χ4n) is 0.914. The number of unbranched alkanes of at least 4 members (excludes halogenated alkanes) is 1. The number of ether oxygens (including phenoxy) is 1. The topological polar surface area (TPSA) is 52.3 Å². The van der Waals surface area contributed by atoms with Gasteiger partial charge in [0.25, 0.3) is 0 Å². The molecule has 0 unspecified atom stereocenters. The summed E-state index contributed by atoms with van der Waals surface area (Å²) in [5.74, 6) is -0.103. The molecule has 3 heteroatoms. The van der Waals surface area contributed by atoms with Crippen molar-refractivity contribution in [2.24, 2.45) is 11.7 Å². The first kappa shape index (κ1) is 10.4. The van der Waals surface area contributed by atoms with E-state index in [0.717, 1.165) is 19.3 Å². The van der Waals surface area contributed by atoms with Crippen molar-refractivity contribution in [1.29, 1.82) is 0 Å². The Kier molecular flexibility index (Phi) is 5.84. The normalized spacial score (nSPS) is 12.6. The Labute approximate surface area is 67.9 Å². The van der Waals surface area contributed by atoms with Crippen LogP contribution < -0.4 is 5.73 Å². The molecule has 0 amide bonds. The van der Waals surface area contributed by atoms with Crippen molar-refractivity contribution in [3.8, 4) is 0 Å². The summed E-state index contributed by atoms with van der Waals surface area (Å²) in [4.78, 5) is 10.9. The average Bonchev–Trinajstić information content (AvgIpc) is 2.03. The minimum absolute atomic E-state index is 0.0200. The van der Waals surface area contributed by atoms with Gasteiger partial charge in [0.2, 0.25) is 0 Å². The zero-order chi connectivity index (χ0) is 8.69. The first-order valence-electron chi connectivity index (χ1n) is 4.00. The van der Waals surface area contributed by atoms with Gasteiger partial charge in [0.1, 0.15) is 0 Å². The molecule has 0 heterocycles. The van der Waals surface area contributed by atoms with Gasteiger partial charge >= 0.3 is 5.97 Å². The third kappa shape index (κ3) is 4.79. The van der Waals surface area contributed by atoms with Crippen molar-refractivity contribution in [3.63, 3.8) is 0 Å². The lowest BCUT2D eigenvalue weighted by molar-refractivity contribution is -0.145. The van der Waals surface area contributed by atoms with E-state index in [2.05, 4.69) is 4.74 Å². The van der Waals surface area contributed by atoms with Crippen molar-refractivity contribution >= 4 is 5.97 Å². The van der Waals surface area contributed by atoms with Gasteiger partial charge in [-0.25, -0.2) is 0 Å². The highest BCUT2D eigenvalue weighted by atomic mass is 16.5. The smallest absolute Gasteiger partial charge is 0.308 e. The van der Waals surface area contributed by atoms with E-state index in [4.69, 9.17) is 5.73 Å². The highest BCUT2D eigenvalue weighted by Crippen LogP contribution is 2.08. The van der Waals surface area contributed by atoms with Crippen LogP contribution in [0.4, 0.5) is 0 Å². The average molecular weight is 159 g/mol. The van der Waals surface area contributed by atoms with E-state index in [1.54, 1.807) is 0 Å². The van der Waals surface area contributed by atoms with Gasteiger partial charge in [-0.2, -0.15) is 0 Å². The van der Waals surface area contributed by atoms with Crippen LogP contribution >= 0.6 is 0 Å². The fourth-order valence-corrected chi connectivity index (χ4v) is 0.914. The van der Waals surface area contributed by atoms with Crippen LogP contribution in [0, 0.1) is 5.92 Å². The molecular weight excluding hydrogens is 142 g/mol. The molecule has 3 nitrogen and oxygen atoms in total. The SMILES string of the molecule is COC(=O)[C@@H](C)CCCCN. The van der Waals surface area contributed by atoms with Crippen LogP contribution in [0.25, 0.3) is 0 Å². The molecule has 11 heavy (non-hydrogen) atoms. The minimum Gasteiger partial charge on any atom is -0.469 e. The molecular formula is C8H17NO2. The summed E-state index contributed by atoms with van der Waals surface area (Å²) in [6, 6.07) is 0. The van der Waals surface area contributed by atoms with E-state index < -0.39 is 0 Å². The number of carbonyl (C=O) groups excluding carboxylic acids is 1. The van der Waals surface area contributed by atoms with E-state index in [1.165, 1.54) is 7.11 Å². The maximum atomic E-state index is 10.9. The largest absolute Gasteiger partial charge is 0.469 e. The molecule has 2 N–H and O–H groups in total. The number of hydrogen-bond acceptors (Lipinski definition) is 3. The second-order valence-corrected chi connectivity index (χ2v) is 2.71. The molecule has 0 bridgehead atoms. The van der Waals surface area contributed by atoms with Crippen LogP contribution in [0.2, 0.25) is 0 Å². The molecule has 1 atom stereocenters. The highest BCUT2D eigenvalue weighted by Gasteiger charge is 2.11. The quantitative estimate of drug-likeness (QED) is 0.479. The molecule has 0 aliphatic rings. The Hall–Kier alpha value is -0.570. The molecule has 0 aliphatic heterocycles. The monoisotopic (exact) mass is 159 g/mol. The third-order valence-corrected chi connectivity index (χ3v) is 1.69. The van der Waals surface area contributed by atoms with Gasteiger partial charge in [0, 0.05) is 0 Å². The van der Waals surface area contributed by atoms with Crippen LogP contribution in [0.1, 0.15) is 26.2 Å². The van der Waals surface area contributed by atoms with E-state index >= 15 is 0 Å². The van der Waals surface area contributed by atoms with Crippen LogP contribution in [0.15, 0.2) is 0 Å². The molecule has 66 valence electrons. The summed E-state index contributed by atoms with van der Waals surface area (Å²) in [5, 5.41) is 0. The van der Waals surface area contributed by atoms with Gasteiger partial charge < -0.3 is 10.5 Å². The highest BCUT2D eigenvalue weighted by molar-refractivity contribution is 5.71. The van der Waals surface area contributed by atoms with Crippen LogP contribution in [-0.2, 0) is 9.53 Å². The van der Waals surface area contributed by atoms with Gasteiger partial charge in [-0.1, -0.05) is 13.3 Å². The van der Waals surface area contributed by atoms with Crippen molar-refractivity contribution in [1.82, 2.24) is 0 Å². The number of esters is 1. The van der Waals surface area contributed by atoms with Crippen LogP contribution in [0.5, 0.6) is 0 Å². The van der Waals surface area contributed by atoms with E-state index in [9.17, 15) is 4.79 Å². The minimum atomic E-state index is -0.123. The number of nitrogens with two attached hydrogens (primary N) is 1. The lowest BCUT2D eigenvalue weighted by atomic mass is 10.0. The van der Waals surface area contributed by atoms with Crippen LogP contribution in [-0.4, -0.2) is 19.6 Å². The predicted molar refractivity (Wildman–Crippen MR) is 44.1 cm³/mol. The lowest BCUT2D eigenvalue weighted by Crippen LogP contribution is -2.12. The number of hydrogen-bond donors (Lipinski definition) is 1. The van der Waals surface area contributed by atoms with E-state index in [1.807, 2.05) is 6.92 Å². The van der Waals surface area contributed by atoms with Crippen molar-refractivity contribution in [2.75, 3.05) is 13.7 Å². The number of carbonyl (C=O) groups is 1. The number of methoxy groups -OCH3 is 1. The third-order valence-electron chi connectivity index (χ3n) is 1.69. The zero-order valence-electron chi connectivity index (χ0n) is 7.30. The maximum Gasteiger partial charge on any atom is 0.308 e. The summed E-state index contributed by atoms with van der Waals surface area (Å²) in [7, 11) is 1.42. The van der Waals surface area contributed by atoms with E-state index in [-0.39, 0.29) is 11.9 Å². The first-order valence-corrected chi connectivity index (χ1v) is 4.00. The van der Waals surface area contributed by atoms with Crippen LogP contribution in [0.3, 0.4) is 0 Å². The Balaban J connectivity index is 3.36. The number of rotatable bonds is 5. The van der Waals surface area contributed by atoms with Gasteiger partial charge in [-0.3, -0.25) is 4.79 Å². The summed E-state index contributed by atoms with van der Waals surface area (Å²) < 4.78 is 4.57. The molecule has 0 saturated carbocycles. The molecule has 0 aromatic heterocycles. The molecule has 0 rings (SSSR count). The Morgan fingerprint density at radius 2 is 2.18 bits per heavy atom. The lowest BCUT2D eigenvalue weighted by Gasteiger charge is -2.07. The molecule has 0 radical (unpaired) electrons. The molecule has 0 aliphatic carbocycles. The fraction of sp³-hybridized carbons (Fsp3) is 0.875. The summed E-state index contributed by atoms with van der Waals surface area (Å²) >= 11 is 0. The van der Waals surface area contributed by atoms with E-state index in [0.29, 0.717) is 6.54 Å². The molecule has 0 spiro atoms. The van der Waals surface area contributed by atoms with Gasteiger partial charge in [-0.05, 0) is 19.4 Å². The molecule has 0 aromatic carbocycles. The van der Waals surface area contributed by atoms with Crippen molar-refractivity contribution < 1.29 is 9.53 Å². The summed E-state index contributed by atoms with van der Waals surface area (Å²) in [5.41, 5.74) is 5.31. The van der Waals surface area contributed by atoms with Crippen molar-refractivity contribution in [3.05, 3.63) is 0 Å². The Morgan fingerprint density at radius 3 is 2.64 bits per heavy atom. The molecule has 0 fully saturated rings. The Bertz CT molecular complexity index is 115. The zero-order valence-corrected chi connectivity index (χ0v) is 7.30. The molecule has 0 aromatic rings. The molecule has 0 saturated heterocycles. The summed E-state index contributed by atoms with van der Waals surface area (Å²) in [6.07, 6.45) is 2.87. The Morgan fingerprint density at radius 1 is 1.55 bits per heavy atom. The standard InChI is InChI=1S/C8H17NO2/c1-7(8(10)11-2)5-3-4-6-9/h7H,3-6,9H2,1-2H3/t7-/m0/s1. The second kappa shape index (κ2) is 6.16. The second-order valence-electron chi connectivity index (χ2n) is 2.71. The predicted octanol–water partition coefficient (Wildman–Crippen LogP) is 0.924. The summed E-state index contributed by atoms with van der Waals surface area (Å²) in [6.45, 7) is 2.58. The maximum absolute atomic E-state index is 10.9.